The van der Waals surface area contributed by atoms with Crippen molar-refractivity contribution in [2.24, 2.45) is 4.99 Å². The van der Waals surface area contributed by atoms with E-state index in [9.17, 15) is 8.78 Å². The maximum absolute atomic E-state index is 13.6. The van der Waals surface area contributed by atoms with E-state index in [1.165, 1.54) is 6.07 Å². The topological polar surface area (TPSA) is 54.9 Å². The zero-order valence-electron chi connectivity index (χ0n) is 15.6. The molecular weight excluding hydrogens is 352 g/mol. The molecule has 0 saturated carbocycles. The zero-order chi connectivity index (χ0) is 19.5. The minimum absolute atomic E-state index is 0.332. The molecule has 2 rings (SSSR count). The number of halogens is 2. The van der Waals surface area contributed by atoms with Crippen molar-refractivity contribution in [1.29, 1.82) is 0 Å². The molecule has 7 heteroatoms. The fourth-order valence-corrected chi connectivity index (χ4v) is 2.52. The molecule has 0 unspecified atom stereocenters. The summed E-state index contributed by atoms with van der Waals surface area (Å²) in [6.07, 6.45) is 0.356. The Labute approximate surface area is 158 Å². The molecule has 2 N–H and O–H groups in total. The summed E-state index contributed by atoms with van der Waals surface area (Å²) in [4.78, 5) is 4.09. The van der Waals surface area contributed by atoms with Gasteiger partial charge < -0.3 is 20.1 Å². The van der Waals surface area contributed by atoms with Crippen molar-refractivity contribution in [2.45, 2.75) is 13.0 Å². The lowest BCUT2D eigenvalue weighted by Crippen LogP contribution is -2.39. The van der Waals surface area contributed by atoms with Crippen LogP contribution >= 0.6 is 0 Å². The molecular formula is C20H25F2N3O2. The van der Waals surface area contributed by atoms with Gasteiger partial charge in [-0.25, -0.2) is 8.78 Å². The number of methoxy groups -OCH3 is 1. The molecule has 0 atom stereocenters. The maximum atomic E-state index is 13.6. The summed E-state index contributed by atoms with van der Waals surface area (Å²) >= 11 is 0. The molecule has 2 aromatic rings. The van der Waals surface area contributed by atoms with E-state index in [0.717, 1.165) is 23.4 Å². The third kappa shape index (κ3) is 6.86. The van der Waals surface area contributed by atoms with Gasteiger partial charge in [0.15, 0.2) is 5.96 Å². The first-order valence-corrected chi connectivity index (χ1v) is 8.72. The van der Waals surface area contributed by atoms with E-state index in [1.807, 2.05) is 24.3 Å². The lowest BCUT2D eigenvalue weighted by molar-refractivity contribution is 0.123. The summed E-state index contributed by atoms with van der Waals surface area (Å²) in [6.45, 7) is 1.93. The predicted molar refractivity (Wildman–Crippen MR) is 102 cm³/mol. The number of benzene rings is 2. The first-order chi connectivity index (χ1) is 13.1. The molecule has 0 bridgehead atoms. The number of hydrogen-bond acceptors (Lipinski definition) is 3. The fourth-order valence-electron chi connectivity index (χ4n) is 2.52. The lowest BCUT2D eigenvalue weighted by atomic mass is 10.1. The molecule has 27 heavy (non-hydrogen) atoms. The molecule has 0 aliphatic heterocycles. The minimum Gasteiger partial charge on any atom is -0.496 e. The highest BCUT2D eigenvalue weighted by Gasteiger charge is 2.05. The van der Waals surface area contributed by atoms with Crippen LogP contribution < -0.4 is 15.4 Å². The smallest absolute Gasteiger partial charge is 0.191 e. The molecule has 0 spiro atoms. The Kier molecular flexibility index (Phi) is 8.51. The van der Waals surface area contributed by atoms with Gasteiger partial charge in [0.2, 0.25) is 0 Å². The summed E-state index contributed by atoms with van der Waals surface area (Å²) in [7, 11) is 3.28. The van der Waals surface area contributed by atoms with Gasteiger partial charge in [-0.15, -0.1) is 0 Å². The largest absolute Gasteiger partial charge is 0.496 e. The zero-order valence-corrected chi connectivity index (χ0v) is 15.6. The van der Waals surface area contributed by atoms with E-state index in [0.29, 0.717) is 44.2 Å². The van der Waals surface area contributed by atoms with E-state index in [1.54, 1.807) is 14.2 Å². The number of hydrogen-bond donors (Lipinski definition) is 2. The number of nitrogens with one attached hydrogen (secondary N) is 2. The van der Waals surface area contributed by atoms with Crippen LogP contribution in [0.3, 0.4) is 0 Å². The third-order valence-electron chi connectivity index (χ3n) is 3.91. The van der Waals surface area contributed by atoms with E-state index >= 15 is 0 Å². The number of rotatable bonds is 9. The van der Waals surface area contributed by atoms with Crippen LogP contribution in [-0.2, 0) is 17.8 Å². The van der Waals surface area contributed by atoms with E-state index < -0.39 is 11.6 Å². The molecule has 0 aliphatic carbocycles. The van der Waals surface area contributed by atoms with Crippen LogP contribution in [0.1, 0.15) is 11.1 Å². The second kappa shape index (κ2) is 11.1. The second-order valence-corrected chi connectivity index (χ2v) is 5.78. The highest BCUT2D eigenvalue weighted by Crippen LogP contribution is 2.17. The molecule has 0 heterocycles. The van der Waals surface area contributed by atoms with Crippen molar-refractivity contribution < 1.29 is 18.3 Å². The quantitative estimate of drug-likeness (QED) is 0.401. The van der Waals surface area contributed by atoms with Gasteiger partial charge in [-0.2, -0.15) is 0 Å². The van der Waals surface area contributed by atoms with E-state index in [4.69, 9.17) is 9.47 Å². The van der Waals surface area contributed by atoms with Crippen LogP contribution in [0.2, 0.25) is 0 Å². The molecule has 2 aromatic carbocycles. The third-order valence-corrected chi connectivity index (χ3v) is 3.91. The van der Waals surface area contributed by atoms with Gasteiger partial charge in [0.1, 0.15) is 17.4 Å². The van der Waals surface area contributed by atoms with Crippen LogP contribution in [0.15, 0.2) is 47.5 Å². The monoisotopic (exact) mass is 377 g/mol. The van der Waals surface area contributed by atoms with Crippen molar-refractivity contribution in [3.63, 3.8) is 0 Å². The highest BCUT2D eigenvalue weighted by molar-refractivity contribution is 5.79. The van der Waals surface area contributed by atoms with Gasteiger partial charge in [-0.05, 0) is 36.2 Å². The van der Waals surface area contributed by atoms with Gasteiger partial charge in [-0.3, -0.25) is 4.99 Å². The van der Waals surface area contributed by atoms with Crippen molar-refractivity contribution in [1.82, 2.24) is 10.6 Å². The van der Waals surface area contributed by atoms with Gasteiger partial charge in [0.05, 0.1) is 20.3 Å². The Hall–Kier alpha value is -2.67. The van der Waals surface area contributed by atoms with Gasteiger partial charge in [0, 0.05) is 25.7 Å². The Morgan fingerprint density at radius 2 is 1.81 bits per heavy atom. The van der Waals surface area contributed by atoms with Crippen LogP contribution in [0, 0.1) is 11.6 Å². The molecule has 0 radical (unpaired) electrons. The van der Waals surface area contributed by atoms with Crippen LogP contribution in [0.5, 0.6) is 5.75 Å². The minimum atomic E-state index is -0.443. The summed E-state index contributed by atoms with van der Waals surface area (Å²) < 4.78 is 37.7. The number of nitrogens with zero attached hydrogens (tertiary/aromatic N) is 1. The summed E-state index contributed by atoms with van der Waals surface area (Å²) in [6, 6.07) is 11.2. The summed E-state index contributed by atoms with van der Waals surface area (Å²) in [5.41, 5.74) is 1.32. The average Bonchev–Trinajstić information content (AvgIpc) is 2.69. The number of ether oxygens (including phenoxy) is 2. The van der Waals surface area contributed by atoms with Gasteiger partial charge in [-0.1, -0.05) is 18.2 Å². The number of guanidine groups is 1. The molecule has 146 valence electrons. The van der Waals surface area contributed by atoms with E-state index in [-0.39, 0.29) is 0 Å². The maximum Gasteiger partial charge on any atom is 0.191 e. The van der Waals surface area contributed by atoms with Crippen molar-refractivity contribution in [3.05, 3.63) is 65.2 Å². The summed E-state index contributed by atoms with van der Waals surface area (Å²) in [5, 5.41) is 6.18. The van der Waals surface area contributed by atoms with Crippen molar-refractivity contribution in [2.75, 3.05) is 33.9 Å². The van der Waals surface area contributed by atoms with Crippen LogP contribution in [-0.4, -0.2) is 39.8 Å². The number of aliphatic imine (C=N–C) groups is 1. The van der Waals surface area contributed by atoms with Gasteiger partial charge in [0.25, 0.3) is 0 Å². The first-order valence-electron chi connectivity index (χ1n) is 8.72. The van der Waals surface area contributed by atoms with Gasteiger partial charge >= 0.3 is 0 Å². The Bertz CT molecular complexity index is 754. The predicted octanol–water partition coefficient (Wildman–Crippen LogP) is 2.90. The first kappa shape index (κ1) is 20.6. The standard InChI is InChI=1S/C20H25F2N3O2/c1-23-20(24-10-9-15-13-17(21)7-8-18(15)22)25-11-12-27-14-16-5-3-4-6-19(16)26-2/h3-8,13H,9-12,14H2,1-2H3,(H2,23,24,25). The van der Waals surface area contributed by atoms with E-state index in [2.05, 4.69) is 15.6 Å². The second-order valence-electron chi connectivity index (χ2n) is 5.78. The molecule has 5 nitrogen and oxygen atoms in total. The molecule has 0 aromatic heterocycles. The fraction of sp³-hybridized carbons (Fsp3) is 0.350. The lowest BCUT2D eigenvalue weighted by Gasteiger charge is -2.13. The summed E-state index contributed by atoms with van der Waals surface area (Å²) in [5.74, 6) is 0.521. The Morgan fingerprint density at radius 1 is 1.04 bits per heavy atom. The van der Waals surface area contributed by atoms with Crippen LogP contribution in [0.25, 0.3) is 0 Å². The van der Waals surface area contributed by atoms with Crippen molar-refractivity contribution in [3.8, 4) is 5.75 Å². The Balaban J connectivity index is 1.66. The van der Waals surface area contributed by atoms with Crippen molar-refractivity contribution >= 4 is 5.96 Å². The van der Waals surface area contributed by atoms with Crippen LogP contribution in [0.4, 0.5) is 8.78 Å². The molecule has 0 fully saturated rings. The Morgan fingerprint density at radius 3 is 2.59 bits per heavy atom. The normalized spacial score (nSPS) is 11.3. The molecule has 0 aliphatic rings. The highest BCUT2D eigenvalue weighted by atomic mass is 19.1. The SMILES string of the molecule is CN=C(NCCOCc1ccccc1OC)NCCc1cc(F)ccc1F. The molecule has 0 saturated heterocycles. The number of para-hydroxylation sites is 1. The molecule has 0 amide bonds. The average molecular weight is 377 g/mol.